The van der Waals surface area contributed by atoms with Crippen molar-refractivity contribution in [2.24, 2.45) is 0 Å². The van der Waals surface area contributed by atoms with Gasteiger partial charge in [0.1, 0.15) is 5.82 Å². The molecule has 0 aliphatic carbocycles. The van der Waals surface area contributed by atoms with E-state index in [0.29, 0.717) is 0 Å². The molecule has 3 heterocycles. The second kappa shape index (κ2) is 4.49. The van der Waals surface area contributed by atoms with Gasteiger partial charge in [-0.15, -0.1) is 10.2 Å². The minimum Gasteiger partial charge on any atom is -0.312 e. The molecule has 0 bridgehead atoms. The molecule has 4 heteroatoms. The molecule has 0 atom stereocenters. The summed E-state index contributed by atoms with van der Waals surface area (Å²) in [5.74, 6) is 2.04. The molecule has 2 aromatic rings. The van der Waals surface area contributed by atoms with Crippen LogP contribution in [0.5, 0.6) is 0 Å². The van der Waals surface area contributed by atoms with Crippen LogP contribution in [0.1, 0.15) is 30.2 Å². The average molecular weight is 226 g/mol. The van der Waals surface area contributed by atoms with E-state index in [1.807, 2.05) is 30.4 Å². The lowest BCUT2D eigenvalue weighted by molar-refractivity contribution is 0.520. The summed E-state index contributed by atoms with van der Waals surface area (Å²) in [6, 6.07) is 5.87. The summed E-state index contributed by atoms with van der Waals surface area (Å²) in [6.45, 7) is 1.03. The van der Waals surface area contributed by atoms with Gasteiger partial charge in [-0.2, -0.15) is 0 Å². The van der Waals surface area contributed by atoms with Crippen molar-refractivity contribution in [1.29, 1.82) is 0 Å². The van der Waals surface area contributed by atoms with Crippen LogP contribution in [0.15, 0.2) is 24.4 Å². The molecule has 1 aliphatic rings. The highest BCUT2D eigenvalue weighted by atomic mass is 15.3. The maximum absolute atomic E-state index is 4.25. The number of fused-ring (bicyclic) bond motifs is 1. The topological polar surface area (TPSA) is 43.6 Å². The molecule has 0 fully saturated rings. The first-order chi connectivity index (χ1) is 8.43. The molecule has 4 nitrogen and oxygen atoms in total. The van der Waals surface area contributed by atoms with Crippen LogP contribution in [0, 0.1) is 0 Å². The number of rotatable bonds is 2. The second-order valence-electron chi connectivity index (χ2n) is 4.17. The van der Waals surface area contributed by atoms with E-state index < -0.39 is 0 Å². The van der Waals surface area contributed by atoms with E-state index in [9.17, 15) is 0 Å². The van der Waals surface area contributed by atoms with Crippen molar-refractivity contribution in [3.63, 3.8) is 0 Å². The van der Waals surface area contributed by atoms with E-state index in [1.165, 1.54) is 12.8 Å². The third-order valence-corrected chi connectivity index (χ3v) is 2.98. The highest BCUT2D eigenvalue weighted by Crippen LogP contribution is 2.15. The van der Waals surface area contributed by atoms with Crippen LogP contribution >= 0.6 is 0 Å². The number of pyridine rings is 1. The number of hydrogen-bond acceptors (Lipinski definition) is 3. The van der Waals surface area contributed by atoms with E-state index >= 15 is 0 Å². The van der Waals surface area contributed by atoms with Gasteiger partial charge in [0.25, 0.3) is 0 Å². The minimum atomic E-state index is 0.936. The summed E-state index contributed by atoms with van der Waals surface area (Å²) in [5.41, 5.74) is 0.945. The van der Waals surface area contributed by atoms with Gasteiger partial charge in [0, 0.05) is 19.2 Å². The molecule has 0 unspecified atom stereocenters. The van der Waals surface area contributed by atoms with Crippen molar-refractivity contribution >= 4 is 12.2 Å². The zero-order valence-corrected chi connectivity index (χ0v) is 9.58. The minimum absolute atomic E-state index is 0.936. The second-order valence-corrected chi connectivity index (χ2v) is 4.17. The Kier molecular flexibility index (Phi) is 2.69. The lowest BCUT2D eigenvalue weighted by Gasteiger charge is -2.13. The van der Waals surface area contributed by atoms with Crippen molar-refractivity contribution in [2.45, 2.75) is 25.8 Å². The molecule has 0 radical (unpaired) electrons. The molecule has 0 saturated carbocycles. The summed E-state index contributed by atoms with van der Waals surface area (Å²) in [4.78, 5) is 4.25. The Morgan fingerprint density at radius 3 is 3.00 bits per heavy atom. The van der Waals surface area contributed by atoms with E-state index in [1.54, 1.807) is 6.20 Å². The zero-order valence-electron chi connectivity index (χ0n) is 9.58. The smallest absolute Gasteiger partial charge is 0.156 e. The molecular weight excluding hydrogens is 212 g/mol. The Bertz CT molecular complexity index is 528. The molecule has 17 heavy (non-hydrogen) atoms. The summed E-state index contributed by atoms with van der Waals surface area (Å²) >= 11 is 0. The molecule has 2 aromatic heterocycles. The lowest BCUT2D eigenvalue weighted by atomic mass is 10.1. The normalized spacial score (nSPS) is 15.1. The largest absolute Gasteiger partial charge is 0.312 e. The van der Waals surface area contributed by atoms with Gasteiger partial charge in [0.05, 0.1) is 5.69 Å². The van der Waals surface area contributed by atoms with Gasteiger partial charge in [-0.1, -0.05) is 6.07 Å². The standard InChI is InChI=1S/C13H14N4/c1-3-9-14-11(5-1)7-8-13-16-15-12-6-2-4-10-17(12)13/h1,3,5,7-9H,2,4,6,10H2/b8-7+. The monoisotopic (exact) mass is 226 g/mol. The molecule has 1 aliphatic heterocycles. The van der Waals surface area contributed by atoms with Crippen LogP contribution in [0.3, 0.4) is 0 Å². The maximum atomic E-state index is 4.25. The Hall–Kier alpha value is -1.97. The molecule has 0 aromatic carbocycles. The average Bonchev–Trinajstić information content (AvgIpc) is 2.81. The number of hydrogen-bond donors (Lipinski definition) is 0. The zero-order chi connectivity index (χ0) is 11.5. The van der Waals surface area contributed by atoms with Gasteiger partial charge in [-0.25, -0.2) is 0 Å². The number of aryl methyl sites for hydroxylation is 1. The molecule has 0 spiro atoms. The lowest BCUT2D eigenvalue weighted by Crippen LogP contribution is -2.11. The van der Waals surface area contributed by atoms with E-state index in [4.69, 9.17) is 0 Å². The summed E-state index contributed by atoms with van der Waals surface area (Å²) < 4.78 is 2.20. The van der Waals surface area contributed by atoms with E-state index in [2.05, 4.69) is 19.7 Å². The Balaban J connectivity index is 1.86. The summed E-state index contributed by atoms with van der Waals surface area (Å²) in [7, 11) is 0. The van der Waals surface area contributed by atoms with Crippen LogP contribution in [0.25, 0.3) is 12.2 Å². The number of aromatic nitrogens is 4. The summed E-state index contributed by atoms with van der Waals surface area (Å²) in [6.07, 6.45) is 9.25. The van der Waals surface area contributed by atoms with Crippen molar-refractivity contribution in [3.8, 4) is 0 Å². The third-order valence-electron chi connectivity index (χ3n) is 2.98. The van der Waals surface area contributed by atoms with Crippen molar-refractivity contribution in [2.75, 3.05) is 0 Å². The molecule has 86 valence electrons. The predicted molar refractivity (Wildman–Crippen MR) is 66.1 cm³/mol. The van der Waals surface area contributed by atoms with Crippen molar-refractivity contribution < 1.29 is 0 Å². The molecular formula is C13H14N4. The van der Waals surface area contributed by atoms with Gasteiger partial charge in [-0.3, -0.25) is 4.98 Å². The van der Waals surface area contributed by atoms with Gasteiger partial charge in [0.15, 0.2) is 5.82 Å². The van der Waals surface area contributed by atoms with Gasteiger partial charge in [-0.05, 0) is 37.1 Å². The summed E-state index contributed by atoms with van der Waals surface area (Å²) in [5, 5.41) is 8.42. The quantitative estimate of drug-likeness (QED) is 0.788. The van der Waals surface area contributed by atoms with Crippen LogP contribution in [-0.2, 0) is 13.0 Å². The Labute approximate surface area is 100 Å². The Morgan fingerprint density at radius 2 is 2.12 bits per heavy atom. The highest BCUT2D eigenvalue weighted by molar-refractivity contribution is 5.64. The van der Waals surface area contributed by atoms with Crippen LogP contribution in [0.4, 0.5) is 0 Å². The first-order valence-electron chi connectivity index (χ1n) is 5.95. The van der Waals surface area contributed by atoms with Crippen LogP contribution in [0.2, 0.25) is 0 Å². The van der Waals surface area contributed by atoms with Gasteiger partial charge >= 0.3 is 0 Å². The van der Waals surface area contributed by atoms with Gasteiger partial charge < -0.3 is 4.57 Å². The van der Waals surface area contributed by atoms with Crippen molar-refractivity contribution in [3.05, 3.63) is 41.7 Å². The van der Waals surface area contributed by atoms with Gasteiger partial charge in [0.2, 0.25) is 0 Å². The number of nitrogens with zero attached hydrogens (tertiary/aromatic N) is 4. The molecule has 0 amide bonds. The fraction of sp³-hybridized carbons (Fsp3) is 0.308. The van der Waals surface area contributed by atoms with E-state index in [-0.39, 0.29) is 0 Å². The fourth-order valence-electron chi connectivity index (χ4n) is 2.09. The molecule has 0 saturated heterocycles. The van der Waals surface area contributed by atoms with Crippen LogP contribution < -0.4 is 0 Å². The van der Waals surface area contributed by atoms with E-state index in [0.717, 1.165) is 30.3 Å². The third kappa shape index (κ3) is 2.11. The maximum Gasteiger partial charge on any atom is 0.156 e. The first kappa shape index (κ1) is 10.2. The Morgan fingerprint density at radius 1 is 1.12 bits per heavy atom. The SMILES string of the molecule is C(=C\c1nnc2n1CCCC2)/c1ccccn1. The first-order valence-corrected chi connectivity index (χ1v) is 5.95. The highest BCUT2D eigenvalue weighted by Gasteiger charge is 2.13. The molecule has 0 N–H and O–H groups in total. The molecule has 3 rings (SSSR count). The fourth-order valence-corrected chi connectivity index (χ4v) is 2.09. The predicted octanol–water partition coefficient (Wildman–Crippen LogP) is 2.18. The van der Waals surface area contributed by atoms with Crippen molar-refractivity contribution in [1.82, 2.24) is 19.7 Å². The van der Waals surface area contributed by atoms with Crippen LogP contribution in [-0.4, -0.2) is 19.7 Å².